The van der Waals surface area contributed by atoms with Gasteiger partial charge in [-0.2, -0.15) is 0 Å². The van der Waals surface area contributed by atoms with E-state index in [-0.39, 0.29) is 30.0 Å². The smallest absolute Gasteiger partial charge is 0.291 e. The highest BCUT2D eigenvalue weighted by Gasteiger charge is 2.08. The van der Waals surface area contributed by atoms with Crippen molar-refractivity contribution >= 4 is 29.9 Å². The van der Waals surface area contributed by atoms with Crippen LogP contribution in [-0.2, 0) is 11.3 Å². The van der Waals surface area contributed by atoms with Crippen LogP contribution in [0.1, 0.15) is 48.2 Å². The first-order valence-electron chi connectivity index (χ1n) is 8.59. The molecule has 2 rings (SSSR count). The maximum absolute atomic E-state index is 11.9. The van der Waals surface area contributed by atoms with Crippen molar-refractivity contribution in [3.05, 3.63) is 54.0 Å². The number of carbonyl (C=O) groups excluding carboxylic acids is 2. The van der Waals surface area contributed by atoms with Gasteiger partial charge >= 0.3 is 0 Å². The largest absolute Gasteiger partial charge is 0.459 e. The molecule has 0 aliphatic heterocycles. The molecule has 0 aliphatic rings. The number of hydrogen-bond donors (Lipinski definition) is 3. The summed E-state index contributed by atoms with van der Waals surface area (Å²) in [5.74, 6) is 0.0337. The van der Waals surface area contributed by atoms with Crippen molar-refractivity contribution in [3.63, 3.8) is 0 Å². The molecule has 4 N–H and O–H groups in total. The molecule has 0 radical (unpaired) electrons. The lowest BCUT2D eigenvalue weighted by atomic mass is 10.1. The van der Waals surface area contributed by atoms with Crippen LogP contribution in [0, 0.1) is 0 Å². The van der Waals surface area contributed by atoms with Gasteiger partial charge in [0.05, 0.1) is 6.26 Å². The summed E-state index contributed by atoms with van der Waals surface area (Å²) in [5, 5.41) is 5.66. The molecule has 0 saturated carbocycles. The fourth-order valence-electron chi connectivity index (χ4n) is 2.38. The minimum absolute atomic E-state index is 0. The van der Waals surface area contributed by atoms with E-state index in [4.69, 9.17) is 10.2 Å². The average molecular weight is 380 g/mol. The van der Waals surface area contributed by atoms with Crippen LogP contribution in [0.2, 0.25) is 0 Å². The van der Waals surface area contributed by atoms with Crippen LogP contribution in [0.4, 0.5) is 5.69 Å². The standard InChI is InChI=1S/C19H25N3O3.ClH/c20-12-4-2-1-3-7-18(23)21-14-15-8-10-16(11-9-15)22-19(24)17-6-5-13-25-17;/h5-6,8-11,13H,1-4,7,12,14,20H2,(H,21,23)(H,22,24);1H. The Hall–Kier alpha value is -2.31. The monoisotopic (exact) mass is 379 g/mol. The van der Waals surface area contributed by atoms with Gasteiger partial charge in [0.2, 0.25) is 5.91 Å². The molecule has 1 aromatic carbocycles. The molecule has 142 valence electrons. The maximum Gasteiger partial charge on any atom is 0.291 e. The second kappa shape index (κ2) is 12.1. The lowest BCUT2D eigenvalue weighted by Gasteiger charge is -2.07. The number of amides is 2. The van der Waals surface area contributed by atoms with Gasteiger partial charge in [-0.05, 0) is 49.2 Å². The molecule has 0 unspecified atom stereocenters. The van der Waals surface area contributed by atoms with Crippen molar-refractivity contribution < 1.29 is 14.0 Å². The van der Waals surface area contributed by atoms with E-state index in [1.807, 2.05) is 12.1 Å². The van der Waals surface area contributed by atoms with E-state index >= 15 is 0 Å². The van der Waals surface area contributed by atoms with Crippen LogP contribution in [0.3, 0.4) is 0 Å². The first-order valence-corrected chi connectivity index (χ1v) is 8.59. The predicted octanol–water partition coefficient (Wildman–Crippen LogP) is 3.48. The van der Waals surface area contributed by atoms with Gasteiger partial charge in [-0.3, -0.25) is 9.59 Å². The number of nitrogens with two attached hydrogens (primary N) is 1. The summed E-state index contributed by atoms with van der Waals surface area (Å²) in [4.78, 5) is 23.7. The first-order chi connectivity index (χ1) is 12.2. The molecule has 7 heteroatoms. The molecule has 0 spiro atoms. The Morgan fingerprint density at radius 1 is 1.00 bits per heavy atom. The normalized spacial score (nSPS) is 10.0. The van der Waals surface area contributed by atoms with E-state index in [9.17, 15) is 9.59 Å². The molecular formula is C19H26ClN3O3. The van der Waals surface area contributed by atoms with Gasteiger partial charge in [-0.15, -0.1) is 12.4 Å². The Balaban J connectivity index is 0.00000338. The molecular weight excluding hydrogens is 354 g/mol. The van der Waals surface area contributed by atoms with Crippen molar-refractivity contribution in [1.29, 1.82) is 0 Å². The molecule has 2 amide bonds. The molecule has 0 saturated heterocycles. The predicted molar refractivity (Wildman–Crippen MR) is 104 cm³/mol. The molecule has 0 aliphatic carbocycles. The van der Waals surface area contributed by atoms with Crippen LogP contribution in [0.5, 0.6) is 0 Å². The summed E-state index contributed by atoms with van der Waals surface area (Å²) in [6.07, 6.45) is 6.03. The first kappa shape index (κ1) is 21.7. The highest BCUT2D eigenvalue weighted by atomic mass is 35.5. The van der Waals surface area contributed by atoms with Gasteiger partial charge in [-0.1, -0.05) is 25.0 Å². The van der Waals surface area contributed by atoms with Gasteiger partial charge in [0.15, 0.2) is 5.76 Å². The highest BCUT2D eigenvalue weighted by Crippen LogP contribution is 2.12. The number of halogens is 1. The zero-order valence-corrected chi connectivity index (χ0v) is 15.5. The quantitative estimate of drug-likeness (QED) is 0.550. The van der Waals surface area contributed by atoms with Crippen LogP contribution in [-0.4, -0.2) is 18.4 Å². The zero-order chi connectivity index (χ0) is 17.9. The van der Waals surface area contributed by atoms with E-state index in [0.717, 1.165) is 31.2 Å². The Kier molecular flexibility index (Phi) is 10.1. The average Bonchev–Trinajstić information content (AvgIpc) is 3.16. The Bertz CT molecular complexity index is 657. The molecule has 1 heterocycles. The van der Waals surface area contributed by atoms with E-state index in [1.54, 1.807) is 24.3 Å². The second-order valence-corrected chi connectivity index (χ2v) is 5.86. The summed E-state index contributed by atoms with van der Waals surface area (Å²) >= 11 is 0. The number of hydrogen-bond acceptors (Lipinski definition) is 4. The third-order valence-electron chi connectivity index (χ3n) is 3.80. The number of nitrogens with one attached hydrogen (secondary N) is 2. The molecule has 26 heavy (non-hydrogen) atoms. The summed E-state index contributed by atoms with van der Waals surface area (Å²) in [6, 6.07) is 10.6. The molecule has 0 atom stereocenters. The van der Waals surface area contributed by atoms with Crippen molar-refractivity contribution in [2.75, 3.05) is 11.9 Å². The molecule has 0 bridgehead atoms. The van der Waals surface area contributed by atoms with Crippen LogP contribution < -0.4 is 16.4 Å². The number of unbranched alkanes of at least 4 members (excludes halogenated alkanes) is 3. The maximum atomic E-state index is 11.9. The zero-order valence-electron chi connectivity index (χ0n) is 14.7. The van der Waals surface area contributed by atoms with Crippen LogP contribution >= 0.6 is 12.4 Å². The van der Waals surface area contributed by atoms with E-state index in [2.05, 4.69) is 10.6 Å². The molecule has 0 fully saturated rings. The molecule has 2 aromatic rings. The van der Waals surface area contributed by atoms with Crippen LogP contribution in [0.15, 0.2) is 47.1 Å². The fourth-order valence-corrected chi connectivity index (χ4v) is 2.38. The van der Waals surface area contributed by atoms with Crippen molar-refractivity contribution in [2.45, 2.75) is 38.6 Å². The van der Waals surface area contributed by atoms with E-state index in [1.165, 1.54) is 6.26 Å². The topological polar surface area (TPSA) is 97.4 Å². The van der Waals surface area contributed by atoms with Gasteiger partial charge in [0, 0.05) is 18.7 Å². The minimum Gasteiger partial charge on any atom is -0.459 e. The summed E-state index contributed by atoms with van der Waals surface area (Å²) in [6.45, 7) is 1.19. The Labute approximate surface area is 159 Å². The third-order valence-corrected chi connectivity index (χ3v) is 3.80. The summed E-state index contributed by atoms with van der Waals surface area (Å²) in [7, 11) is 0. The van der Waals surface area contributed by atoms with Crippen molar-refractivity contribution in [2.24, 2.45) is 5.73 Å². The number of carbonyl (C=O) groups is 2. The van der Waals surface area contributed by atoms with Gasteiger partial charge in [-0.25, -0.2) is 0 Å². The van der Waals surface area contributed by atoms with E-state index in [0.29, 0.717) is 25.2 Å². The third kappa shape index (κ3) is 7.72. The van der Waals surface area contributed by atoms with Crippen molar-refractivity contribution in [3.8, 4) is 0 Å². The number of rotatable bonds is 10. The SMILES string of the molecule is Cl.NCCCCCCC(=O)NCc1ccc(NC(=O)c2ccco2)cc1. The number of benzene rings is 1. The highest BCUT2D eigenvalue weighted by molar-refractivity contribution is 6.02. The van der Waals surface area contributed by atoms with E-state index < -0.39 is 0 Å². The number of anilines is 1. The Morgan fingerprint density at radius 2 is 1.73 bits per heavy atom. The second-order valence-electron chi connectivity index (χ2n) is 5.86. The summed E-state index contributed by atoms with van der Waals surface area (Å²) in [5.41, 5.74) is 7.09. The van der Waals surface area contributed by atoms with Crippen LogP contribution in [0.25, 0.3) is 0 Å². The van der Waals surface area contributed by atoms with Crippen molar-refractivity contribution in [1.82, 2.24) is 5.32 Å². The minimum atomic E-state index is -0.291. The molecule has 6 nitrogen and oxygen atoms in total. The summed E-state index contributed by atoms with van der Waals surface area (Å²) < 4.78 is 5.04. The molecule has 1 aromatic heterocycles. The Morgan fingerprint density at radius 3 is 2.38 bits per heavy atom. The number of furan rings is 1. The van der Waals surface area contributed by atoms with Gasteiger partial charge < -0.3 is 20.8 Å². The fraction of sp³-hybridized carbons (Fsp3) is 0.368. The van der Waals surface area contributed by atoms with Gasteiger partial charge in [0.1, 0.15) is 0 Å². The van der Waals surface area contributed by atoms with Gasteiger partial charge in [0.25, 0.3) is 5.91 Å². The lowest BCUT2D eigenvalue weighted by Crippen LogP contribution is -2.22. The lowest BCUT2D eigenvalue weighted by molar-refractivity contribution is -0.121.